The first-order valence-corrected chi connectivity index (χ1v) is 13.7. The fourth-order valence-corrected chi connectivity index (χ4v) is 5.23. The van der Waals surface area contributed by atoms with Crippen LogP contribution in [-0.4, -0.2) is 71.1 Å². The number of ether oxygens (including phenoxy) is 1. The van der Waals surface area contributed by atoms with E-state index in [4.69, 9.17) is 10.5 Å². The molecule has 2 N–H and O–H groups in total. The highest BCUT2D eigenvalue weighted by molar-refractivity contribution is 5.94. The van der Waals surface area contributed by atoms with Crippen LogP contribution in [0.5, 0.6) is 0 Å². The largest absolute Gasteiger partial charge is 0.379 e. The number of morpholine rings is 1. The molecule has 0 bridgehead atoms. The van der Waals surface area contributed by atoms with Crippen LogP contribution < -0.4 is 11.3 Å². The number of benzene rings is 3. The number of hydrogen-bond donors (Lipinski definition) is 1. The van der Waals surface area contributed by atoms with Crippen molar-refractivity contribution in [2.24, 2.45) is 5.73 Å². The summed E-state index contributed by atoms with van der Waals surface area (Å²) in [5, 5.41) is 0. The summed E-state index contributed by atoms with van der Waals surface area (Å²) in [7, 11) is 1.79. The number of nitrogens with two attached hydrogens (primary N) is 1. The van der Waals surface area contributed by atoms with Crippen molar-refractivity contribution < 1.29 is 14.3 Å². The molecule has 1 saturated heterocycles. The van der Waals surface area contributed by atoms with Crippen molar-refractivity contribution in [2.75, 3.05) is 39.9 Å². The zero-order valence-electron chi connectivity index (χ0n) is 23.7. The first-order chi connectivity index (χ1) is 19.7. The van der Waals surface area contributed by atoms with Crippen LogP contribution in [0.3, 0.4) is 0 Å². The zero-order valence-corrected chi connectivity index (χ0v) is 23.7. The van der Waals surface area contributed by atoms with Gasteiger partial charge in [-0.25, -0.2) is 4.98 Å². The monoisotopic (exact) mass is 553 g/mol. The van der Waals surface area contributed by atoms with Gasteiger partial charge in [-0.2, -0.15) is 0 Å². The first-order valence-electron chi connectivity index (χ1n) is 13.7. The molecule has 41 heavy (non-hydrogen) atoms. The zero-order chi connectivity index (χ0) is 29.1. The number of likely N-dealkylation sites (N-methyl/N-ethyl adjacent to an activating group) is 1. The van der Waals surface area contributed by atoms with Gasteiger partial charge >= 0.3 is 0 Å². The van der Waals surface area contributed by atoms with Gasteiger partial charge in [0.25, 0.3) is 5.56 Å². The molecule has 9 heteroatoms. The number of carbonyl (C=O) groups excluding carboxylic acids is 2. The lowest BCUT2D eigenvalue weighted by Crippen LogP contribution is -2.45. The van der Waals surface area contributed by atoms with Gasteiger partial charge in [-0.15, -0.1) is 0 Å². The van der Waals surface area contributed by atoms with E-state index < -0.39 is 5.91 Å². The minimum atomic E-state index is -0.472. The van der Waals surface area contributed by atoms with Gasteiger partial charge in [0, 0.05) is 32.2 Å². The molecule has 1 unspecified atom stereocenters. The van der Waals surface area contributed by atoms with Gasteiger partial charge in [-0.05, 0) is 65.9 Å². The Labute approximate surface area is 239 Å². The van der Waals surface area contributed by atoms with Crippen molar-refractivity contribution in [3.8, 4) is 11.1 Å². The molecule has 212 valence electrons. The topological polar surface area (TPSA) is 111 Å². The average Bonchev–Trinajstić information content (AvgIpc) is 2.98. The molecular formula is C32H35N5O4. The Morgan fingerprint density at radius 1 is 1.00 bits per heavy atom. The Hall–Kier alpha value is -4.34. The van der Waals surface area contributed by atoms with E-state index in [1.165, 1.54) is 10.8 Å². The molecule has 1 fully saturated rings. The molecule has 3 aromatic carbocycles. The van der Waals surface area contributed by atoms with Crippen molar-refractivity contribution in [1.82, 2.24) is 19.4 Å². The molecule has 5 rings (SSSR count). The number of aromatic nitrogens is 2. The van der Waals surface area contributed by atoms with Crippen LogP contribution in [0.15, 0.2) is 71.7 Å². The third-order valence-corrected chi connectivity index (χ3v) is 7.93. The summed E-state index contributed by atoms with van der Waals surface area (Å²) in [6.07, 6.45) is 1.28. The van der Waals surface area contributed by atoms with E-state index in [9.17, 15) is 14.4 Å². The molecule has 2 heterocycles. The van der Waals surface area contributed by atoms with E-state index in [2.05, 4.69) is 9.88 Å². The van der Waals surface area contributed by atoms with Crippen LogP contribution in [0.2, 0.25) is 0 Å². The fourth-order valence-electron chi connectivity index (χ4n) is 5.23. The molecule has 0 radical (unpaired) electrons. The van der Waals surface area contributed by atoms with E-state index in [-0.39, 0.29) is 24.1 Å². The van der Waals surface area contributed by atoms with E-state index in [1.54, 1.807) is 24.1 Å². The van der Waals surface area contributed by atoms with Gasteiger partial charge in [-0.1, -0.05) is 36.4 Å². The molecule has 2 amide bonds. The number of primary amides is 1. The quantitative estimate of drug-likeness (QED) is 0.359. The molecule has 4 aromatic rings. The second-order valence-corrected chi connectivity index (χ2v) is 10.6. The number of hydrogen-bond acceptors (Lipinski definition) is 6. The predicted octanol–water partition coefficient (Wildman–Crippen LogP) is 3.31. The lowest BCUT2D eigenvalue weighted by atomic mass is 9.98. The molecule has 0 saturated carbocycles. The number of aryl methyl sites for hydroxylation is 2. The molecule has 0 aliphatic carbocycles. The molecule has 9 nitrogen and oxygen atoms in total. The molecule has 1 aromatic heterocycles. The lowest BCUT2D eigenvalue weighted by molar-refractivity contribution is -0.133. The Morgan fingerprint density at radius 3 is 2.41 bits per heavy atom. The summed E-state index contributed by atoms with van der Waals surface area (Å²) >= 11 is 0. The summed E-state index contributed by atoms with van der Waals surface area (Å²) in [6.45, 7) is 7.39. The highest BCUT2D eigenvalue weighted by Crippen LogP contribution is 2.27. The van der Waals surface area contributed by atoms with Gasteiger partial charge in [0.2, 0.25) is 11.8 Å². The predicted molar refractivity (Wildman–Crippen MR) is 159 cm³/mol. The normalized spacial score (nSPS) is 14.6. The van der Waals surface area contributed by atoms with E-state index >= 15 is 0 Å². The Balaban J connectivity index is 1.44. The second kappa shape index (κ2) is 12.0. The molecule has 1 aliphatic heterocycles. The van der Waals surface area contributed by atoms with Gasteiger partial charge in [-0.3, -0.25) is 23.9 Å². The van der Waals surface area contributed by atoms with Crippen LogP contribution in [0.1, 0.15) is 33.1 Å². The van der Waals surface area contributed by atoms with Crippen LogP contribution in [-0.2, 0) is 16.1 Å². The maximum atomic E-state index is 13.8. The number of carbonyl (C=O) groups is 2. The molecule has 0 spiro atoms. The van der Waals surface area contributed by atoms with Crippen LogP contribution >= 0.6 is 0 Å². The van der Waals surface area contributed by atoms with Gasteiger partial charge in [0.05, 0.1) is 36.5 Å². The maximum Gasteiger partial charge on any atom is 0.269 e. The van der Waals surface area contributed by atoms with Crippen molar-refractivity contribution in [2.45, 2.75) is 26.4 Å². The Kier molecular flexibility index (Phi) is 8.28. The SMILES string of the molecule is Cc1cc2ncc(=O)n(CC(=O)N(C)C(CN3CCOCC3)c3ccc(-c4cccc(C(N)=O)c4)cc3)c2cc1C. The first kappa shape index (κ1) is 28.2. The molecule has 1 aliphatic rings. The summed E-state index contributed by atoms with van der Waals surface area (Å²) in [6, 6.07) is 18.8. The number of rotatable bonds is 8. The summed E-state index contributed by atoms with van der Waals surface area (Å²) in [4.78, 5) is 46.6. The maximum absolute atomic E-state index is 13.8. The van der Waals surface area contributed by atoms with E-state index in [1.807, 2.05) is 62.4 Å². The highest BCUT2D eigenvalue weighted by Gasteiger charge is 2.26. The van der Waals surface area contributed by atoms with Crippen LogP contribution in [0, 0.1) is 13.8 Å². The number of amides is 2. The van der Waals surface area contributed by atoms with Crippen LogP contribution in [0.25, 0.3) is 22.2 Å². The van der Waals surface area contributed by atoms with Crippen molar-refractivity contribution >= 4 is 22.8 Å². The standard InChI is InChI=1S/C32H35N5O4/c1-21-15-27-28(16-22(21)2)37(30(38)18-34-27)20-31(39)35(3)29(19-36-11-13-41-14-12-36)24-9-7-23(8-10-24)25-5-4-6-26(17-25)32(33)40/h4-10,15-18,29H,11-14,19-20H2,1-3H3,(H2,33,40). The van der Waals surface area contributed by atoms with Crippen molar-refractivity contribution in [3.63, 3.8) is 0 Å². The summed E-state index contributed by atoms with van der Waals surface area (Å²) in [5.74, 6) is -0.644. The third-order valence-electron chi connectivity index (χ3n) is 7.93. The van der Waals surface area contributed by atoms with Gasteiger partial charge in [0.15, 0.2) is 0 Å². The average molecular weight is 554 g/mol. The van der Waals surface area contributed by atoms with Crippen molar-refractivity contribution in [1.29, 1.82) is 0 Å². The van der Waals surface area contributed by atoms with Gasteiger partial charge in [0.1, 0.15) is 6.54 Å². The number of fused-ring (bicyclic) bond motifs is 1. The number of nitrogens with zero attached hydrogens (tertiary/aromatic N) is 4. The lowest BCUT2D eigenvalue weighted by Gasteiger charge is -2.35. The highest BCUT2D eigenvalue weighted by atomic mass is 16.5. The van der Waals surface area contributed by atoms with Crippen LogP contribution in [0.4, 0.5) is 0 Å². The molecule has 1 atom stereocenters. The second-order valence-electron chi connectivity index (χ2n) is 10.6. The Bertz CT molecular complexity index is 1640. The van der Waals surface area contributed by atoms with Gasteiger partial charge < -0.3 is 15.4 Å². The minimum Gasteiger partial charge on any atom is -0.379 e. The fraction of sp³-hybridized carbons (Fsp3) is 0.312. The van der Waals surface area contributed by atoms with E-state index in [0.29, 0.717) is 36.4 Å². The minimum absolute atomic E-state index is 0.0888. The third kappa shape index (κ3) is 6.21. The van der Waals surface area contributed by atoms with E-state index in [0.717, 1.165) is 40.9 Å². The van der Waals surface area contributed by atoms with Crippen molar-refractivity contribution in [3.05, 3.63) is 99.5 Å². The molecular weight excluding hydrogens is 518 g/mol. The summed E-state index contributed by atoms with van der Waals surface area (Å²) < 4.78 is 7.05. The smallest absolute Gasteiger partial charge is 0.269 e. The summed E-state index contributed by atoms with van der Waals surface area (Å²) in [5.41, 5.74) is 11.9. The Morgan fingerprint density at radius 2 is 1.71 bits per heavy atom.